The minimum absolute atomic E-state index is 0.0246. The fourth-order valence-corrected chi connectivity index (χ4v) is 5.09. The molecule has 0 bridgehead atoms. The second-order valence-corrected chi connectivity index (χ2v) is 11.3. The molecule has 0 spiro atoms. The third-order valence-electron chi connectivity index (χ3n) is 5.58. The number of nitrogens with zero attached hydrogens (tertiary/aromatic N) is 3. The summed E-state index contributed by atoms with van der Waals surface area (Å²) in [7, 11) is -3.81. The molecular formula is C28H30N4O4S. The third-order valence-corrected chi connectivity index (χ3v) is 7.10. The maximum atomic E-state index is 13.1. The molecule has 0 radical (unpaired) electrons. The van der Waals surface area contributed by atoms with Crippen LogP contribution in [-0.2, 0) is 21.3 Å². The molecule has 2 heterocycles. The number of hydrogen-bond donors (Lipinski definition) is 1. The predicted molar refractivity (Wildman–Crippen MR) is 143 cm³/mol. The number of ether oxygens (including phenoxy) is 1. The largest absolute Gasteiger partial charge is 0.444 e. The van der Waals surface area contributed by atoms with Gasteiger partial charge >= 0.3 is 6.09 Å². The van der Waals surface area contributed by atoms with Gasteiger partial charge in [0.25, 0.3) is 0 Å². The van der Waals surface area contributed by atoms with Gasteiger partial charge in [-0.3, -0.25) is 9.97 Å². The van der Waals surface area contributed by atoms with Crippen LogP contribution in [0.5, 0.6) is 0 Å². The van der Waals surface area contributed by atoms with Gasteiger partial charge in [-0.05, 0) is 55.7 Å². The van der Waals surface area contributed by atoms with Gasteiger partial charge in [-0.15, -0.1) is 0 Å². The summed E-state index contributed by atoms with van der Waals surface area (Å²) in [6.07, 6.45) is 6.19. The molecule has 0 saturated heterocycles. The molecule has 2 aromatic heterocycles. The average Bonchev–Trinajstić information content (AvgIpc) is 2.87. The van der Waals surface area contributed by atoms with E-state index in [1.807, 2.05) is 42.5 Å². The second-order valence-electron chi connectivity index (χ2n) is 9.59. The van der Waals surface area contributed by atoms with E-state index in [1.165, 1.54) is 4.90 Å². The van der Waals surface area contributed by atoms with Crippen molar-refractivity contribution in [1.82, 2.24) is 19.6 Å². The van der Waals surface area contributed by atoms with E-state index in [-0.39, 0.29) is 24.5 Å². The lowest BCUT2D eigenvalue weighted by Crippen LogP contribution is -2.41. The Balaban J connectivity index is 1.48. The number of pyridine rings is 2. The smallest absolute Gasteiger partial charge is 0.410 e. The third kappa shape index (κ3) is 6.90. The van der Waals surface area contributed by atoms with Crippen molar-refractivity contribution in [3.05, 3.63) is 91.0 Å². The molecular weight excluding hydrogens is 488 g/mol. The standard InChI is InChI=1S/C28H30N4O4S/c1-28(2,3)36-27(33)32(20-21-9-11-22(12-10-21)23-7-5-14-29-18-23)17-16-31-37(34,35)26-8-4-6-24-19-30-15-13-25(24)26/h4-15,18-19,31H,16-17,20H2,1-3H3. The van der Waals surface area contributed by atoms with E-state index in [9.17, 15) is 13.2 Å². The van der Waals surface area contributed by atoms with Crippen LogP contribution in [-0.4, -0.2) is 48.1 Å². The second kappa shape index (κ2) is 11.1. The summed E-state index contributed by atoms with van der Waals surface area (Å²) in [5, 5.41) is 1.32. The Morgan fingerprint density at radius 1 is 0.919 bits per heavy atom. The molecule has 192 valence electrons. The zero-order chi connectivity index (χ0) is 26.5. The lowest BCUT2D eigenvalue weighted by atomic mass is 10.1. The Labute approximate surface area is 217 Å². The molecule has 0 aliphatic carbocycles. The Bertz CT molecular complexity index is 1460. The molecule has 0 unspecified atom stereocenters. The Morgan fingerprint density at radius 2 is 1.68 bits per heavy atom. The molecule has 0 saturated carbocycles. The first kappa shape index (κ1) is 26.2. The molecule has 1 amide bonds. The number of aromatic nitrogens is 2. The van der Waals surface area contributed by atoms with Crippen molar-refractivity contribution < 1.29 is 17.9 Å². The van der Waals surface area contributed by atoms with E-state index in [2.05, 4.69) is 14.7 Å². The molecule has 9 heteroatoms. The highest BCUT2D eigenvalue weighted by Gasteiger charge is 2.23. The van der Waals surface area contributed by atoms with Gasteiger partial charge in [0.15, 0.2) is 0 Å². The molecule has 37 heavy (non-hydrogen) atoms. The number of amides is 1. The van der Waals surface area contributed by atoms with Crippen molar-refractivity contribution in [2.45, 2.75) is 37.8 Å². The normalized spacial score (nSPS) is 11.9. The molecule has 0 atom stereocenters. The van der Waals surface area contributed by atoms with Crippen molar-refractivity contribution in [3.63, 3.8) is 0 Å². The topological polar surface area (TPSA) is 101 Å². The molecule has 8 nitrogen and oxygen atoms in total. The van der Waals surface area contributed by atoms with Crippen molar-refractivity contribution >= 4 is 26.9 Å². The summed E-state index contributed by atoms with van der Waals surface area (Å²) in [5.41, 5.74) is 2.22. The number of fused-ring (bicyclic) bond motifs is 1. The number of carbonyl (C=O) groups is 1. The van der Waals surface area contributed by atoms with Crippen LogP contribution < -0.4 is 4.72 Å². The Kier molecular flexibility index (Phi) is 7.85. The molecule has 0 aliphatic heterocycles. The van der Waals surface area contributed by atoms with E-state index in [0.29, 0.717) is 5.39 Å². The molecule has 4 rings (SSSR count). The number of rotatable bonds is 8. The van der Waals surface area contributed by atoms with Crippen LogP contribution in [0.1, 0.15) is 26.3 Å². The van der Waals surface area contributed by atoms with Gasteiger partial charge < -0.3 is 9.64 Å². The number of carbonyl (C=O) groups excluding carboxylic acids is 1. The van der Waals surface area contributed by atoms with Crippen LogP contribution in [0.25, 0.3) is 21.9 Å². The summed E-state index contributed by atoms with van der Waals surface area (Å²) in [6.45, 7) is 5.81. The van der Waals surface area contributed by atoms with E-state index in [4.69, 9.17) is 4.74 Å². The lowest BCUT2D eigenvalue weighted by molar-refractivity contribution is 0.0238. The molecule has 0 fully saturated rings. The quantitative estimate of drug-likeness (QED) is 0.352. The van der Waals surface area contributed by atoms with Gasteiger partial charge in [-0.1, -0.05) is 42.5 Å². The van der Waals surface area contributed by atoms with Crippen molar-refractivity contribution in [2.24, 2.45) is 0 Å². The van der Waals surface area contributed by atoms with Crippen LogP contribution in [0.3, 0.4) is 0 Å². The van der Waals surface area contributed by atoms with Crippen LogP contribution in [0.15, 0.2) is 90.3 Å². The number of nitrogens with one attached hydrogen (secondary N) is 1. The van der Waals surface area contributed by atoms with E-state index in [0.717, 1.165) is 22.1 Å². The summed E-state index contributed by atoms with van der Waals surface area (Å²) in [6, 6.07) is 18.4. The number of benzene rings is 2. The van der Waals surface area contributed by atoms with Gasteiger partial charge in [0.1, 0.15) is 5.60 Å². The zero-order valence-corrected chi connectivity index (χ0v) is 21.9. The van der Waals surface area contributed by atoms with E-state index < -0.39 is 21.7 Å². The van der Waals surface area contributed by atoms with E-state index in [1.54, 1.807) is 63.8 Å². The Morgan fingerprint density at radius 3 is 2.38 bits per heavy atom. The minimum atomic E-state index is -3.81. The zero-order valence-electron chi connectivity index (χ0n) is 21.1. The summed E-state index contributed by atoms with van der Waals surface area (Å²) in [5.74, 6) is 0. The lowest BCUT2D eigenvalue weighted by Gasteiger charge is -2.27. The average molecular weight is 519 g/mol. The number of sulfonamides is 1. The van der Waals surface area contributed by atoms with Crippen LogP contribution in [0, 0.1) is 0 Å². The maximum Gasteiger partial charge on any atom is 0.410 e. The summed E-state index contributed by atoms with van der Waals surface area (Å²) < 4.78 is 34.4. The summed E-state index contributed by atoms with van der Waals surface area (Å²) >= 11 is 0. The highest BCUT2D eigenvalue weighted by molar-refractivity contribution is 7.89. The SMILES string of the molecule is CC(C)(C)OC(=O)N(CCNS(=O)(=O)c1cccc2cnccc12)Cc1ccc(-c2cccnc2)cc1. The predicted octanol–water partition coefficient (Wildman–Crippen LogP) is 5.01. The van der Waals surface area contributed by atoms with Gasteiger partial charge in [0, 0.05) is 55.2 Å². The van der Waals surface area contributed by atoms with Crippen molar-refractivity contribution in [3.8, 4) is 11.1 Å². The van der Waals surface area contributed by atoms with Gasteiger partial charge in [0.05, 0.1) is 4.90 Å². The maximum absolute atomic E-state index is 13.1. The van der Waals surface area contributed by atoms with E-state index >= 15 is 0 Å². The molecule has 2 aromatic carbocycles. The minimum Gasteiger partial charge on any atom is -0.444 e. The molecule has 1 N–H and O–H groups in total. The summed E-state index contributed by atoms with van der Waals surface area (Å²) in [4.78, 5) is 22.8. The first-order chi connectivity index (χ1) is 17.6. The molecule has 4 aromatic rings. The highest BCUT2D eigenvalue weighted by atomic mass is 32.2. The van der Waals surface area contributed by atoms with Crippen LogP contribution >= 0.6 is 0 Å². The van der Waals surface area contributed by atoms with Gasteiger partial charge in [-0.25, -0.2) is 17.9 Å². The highest BCUT2D eigenvalue weighted by Crippen LogP contribution is 2.22. The fraction of sp³-hybridized carbons (Fsp3) is 0.250. The van der Waals surface area contributed by atoms with Crippen LogP contribution in [0.4, 0.5) is 4.79 Å². The fourth-order valence-electron chi connectivity index (χ4n) is 3.84. The van der Waals surface area contributed by atoms with Gasteiger partial charge in [0.2, 0.25) is 10.0 Å². The monoisotopic (exact) mass is 518 g/mol. The van der Waals surface area contributed by atoms with Crippen LogP contribution in [0.2, 0.25) is 0 Å². The first-order valence-corrected chi connectivity index (χ1v) is 13.4. The molecule has 0 aliphatic rings. The Hall–Kier alpha value is -3.82. The van der Waals surface area contributed by atoms with Crippen molar-refractivity contribution in [2.75, 3.05) is 13.1 Å². The van der Waals surface area contributed by atoms with Crippen molar-refractivity contribution in [1.29, 1.82) is 0 Å². The number of hydrogen-bond acceptors (Lipinski definition) is 6. The van der Waals surface area contributed by atoms with Gasteiger partial charge in [-0.2, -0.15) is 0 Å². The first-order valence-electron chi connectivity index (χ1n) is 11.9.